The number of thiophene rings is 1. The first-order chi connectivity index (χ1) is 16.1. The van der Waals surface area contributed by atoms with E-state index in [0.29, 0.717) is 0 Å². The van der Waals surface area contributed by atoms with Crippen molar-refractivity contribution in [3.63, 3.8) is 0 Å². The normalized spacial score (nSPS) is 12.3. The number of hydrogen-bond donors (Lipinski definition) is 2. The quantitative estimate of drug-likeness (QED) is 0.290. The van der Waals surface area contributed by atoms with Crippen LogP contribution in [0.2, 0.25) is 0 Å². The number of primary amides is 1. The van der Waals surface area contributed by atoms with Gasteiger partial charge in [0.2, 0.25) is 5.91 Å². The van der Waals surface area contributed by atoms with Crippen molar-refractivity contribution < 1.29 is 27.7 Å². The van der Waals surface area contributed by atoms with E-state index in [0.717, 1.165) is 28.3 Å². The summed E-state index contributed by atoms with van der Waals surface area (Å²) < 4.78 is 33.4. The van der Waals surface area contributed by atoms with E-state index in [1.165, 1.54) is 26.2 Å². The predicted octanol–water partition coefficient (Wildman–Crippen LogP) is 4.21. The van der Waals surface area contributed by atoms with Crippen molar-refractivity contribution in [2.24, 2.45) is 5.73 Å². The van der Waals surface area contributed by atoms with Crippen LogP contribution in [0.5, 0.6) is 0 Å². The Balaban J connectivity index is 1.83. The fraction of sp³-hybridized carbons (Fsp3) is 0.200. The SMILES string of the molecule is Cc1nn(C(C)C(=O)Nc2c(C(N)=O)sc3nc(C(F)F)cc(-c4ccco4)c23)cc1[N+](=O)[O-]. The van der Waals surface area contributed by atoms with Gasteiger partial charge in [0.15, 0.2) is 0 Å². The number of rotatable bonds is 7. The number of nitrogens with one attached hydrogen (secondary N) is 1. The lowest BCUT2D eigenvalue weighted by Gasteiger charge is -2.14. The molecule has 0 saturated heterocycles. The number of amides is 2. The Hall–Kier alpha value is -4.20. The Morgan fingerprint density at radius 3 is 2.68 bits per heavy atom. The molecule has 0 radical (unpaired) electrons. The molecule has 0 fully saturated rings. The van der Waals surface area contributed by atoms with E-state index in [4.69, 9.17) is 10.2 Å². The topological polar surface area (TPSA) is 159 Å². The molecular formula is C20H16F2N6O5S. The molecule has 1 atom stereocenters. The number of nitrogens with zero attached hydrogens (tertiary/aromatic N) is 4. The molecular weight excluding hydrogens is 474 g/mol. The molecule has 176 valence electrons. The first-order valence-corrected chi connectivity index (χ1v) is 10.5. The summed E-state index contributed by atoms with van der Waals surface area (Å²) in [5.41, 5.74) is 4.97. The summed E-state index contributed by atoms with van der Waals surface area (Å²) in [5, 5.41) is 17.9. The molecule has 3 N–H and O–H groups in total. The second-order valence-electron chi connectivity index (χ2n) is 7.23. The van der Waals surface area contributed by atoms with Crippen LogP contribution in [0.4, 0.5) is 20.2 Å². The van der Waals surface area contributed by atoms with Gasteiger partial charge in [-0.1, -0.05) is 0 Å². The van der Waals surface area contributed by atoms with Crippen LogP contribution in [0.3, 0.4) is 0 Å². The Bertz CT molecular complexity index is 1430. The van der Waals surface area contributed by atoms with E-state index >= 15 is 0 Å². The summed E-state index contributed by atoms with van der Waals surface area (Å²) in [5.74, 6) is -1.37. The Kier molecular flexibility index (Phi) is 5.83. The van der Waals surface area contributed by atoms with Crippen LogP contribution < -0.4 is 11.1 Å². The molecule has 2 amide bonds. The molecule has 0 saturated carbocycles. The Morgan fingerprint density at radius 2 is 2.12 bits per heavy atom. The minimum atomic E-state index is -2.89. The van der Waals surface area contributed by atoms with Gasteiger partial charge in [-0.25, -0.2) is 13.8 Å². The van der Waals surface area contributed by atoms with Gasteiger partial charge in [0, 0.05) is 10.9 Å². The van der Waals surface area contributed by atoms with Crippen molar-refractivity contribution >= 4 is 44.7 Å². The molecule has 4 rings (SSSR count). The highest BCUT2D eigenvalue weighted by Crippen LogP contribution is 2.42. The summed E-state index contributed by atoms with van der Waals surface area (Å²) in [6, 6.07) is 3.18. The lowest BCUT2D eigenvalue weighted by molar-refractivity contribution is -0.385. The van der Waals surface area contributed by atoms with Crippen LogP contribution in [0.25, 0.3) is 21.5 Å². The number of nitrogens with two attached hydrogens (primary N) is 1. The van der Waals surface area contributed by atoms with Crippen molar-refractivity contribution in [2.45, 2.75) is 26.3 Å². The molecule has 0 aliphatic carbocycles. The van der Waals surface area contributed by atoms with Gasteiger partial charge >= 0.3 is 5.69 Å². The van der Waals surface area contributed by atoms with Crippen LogP contribution in [-0.4, -0.2) is 31.5 Å². The van der Waals surface area contributed by atoms with Gasteiger partial charge in [0.25, 0.3) is 12.3 Å². The minimum absolute atomic E-state index is 0.0255. The average Bonchev–Trinajstić information content (AvgIpc) is 3.51. The standard InChI is InChI=1S/C20H16F2N6O5S/c1-8-12(28(31)32)7-27(26-8)9(2)19(30)25-15-14-10(13-4-3-5-33-13)6-11(17(21)22)24-20(14)34-16(15)18(23)29/h3-7,9,17H,1-2H3,(H2,23,29)(H,25,30). The fourth-order valence-electron chi connectivity index (χ4n) is 3.35. The van der Waals surface area contributed by atoms with Crippen molar-refractivity contribution in [1.29, 1.82) is 0 Å². The van der Waals surface area contributed by atoms with Crippen LogP contribution in [-0.2, 0) is 4.79 Å². The molecule has 14 heteroatoms. The van der Waals surface area contributed by atoms with Gasteiger partial charge < -0.3 is 15.5 Å². The molecule has 0 aliphatic heterocycles. The minimum Gasteiger partial charge on any atom is -0.464 e. The molecule has 1 unspecified atom stereocenters. The monoisotopic (exact) mass is 490 g/mol. The van der Waals surface area contributed by atoms with Gasteiger partial charge in [-0.2, -0.15) is 5.10 Å². The number of pyridine rings is 1. The highest BCUT2D eigenvalue weighted by Gasteiger charge is 2.28. The van der Waals surface area contributed by atoms with Crippen molar-refractivity contribution in [3.05, 3.63) is 57.0 Å². The van der Waals surface area contributed by atoms with Gasteiger partial charge in [-0.15, -0.1) is 11.3 Å². The summed E-state index contributed by atoms with van der Waals surface area (Å²) in [6.45, 7) is 2.88. The van der Waals surface area contributed by atoms with Gasteiger partial charge in [-0.3, -0.25) is 24.4 Å². The van der Waals surface area contributed by atoms with Crippen molar-refractivity contribution in [1.82, 2.24) is 14.8 Å². The number of carbonyl (C=O) groups excluding carboxylic acids is 2. The van der Waals surface area contributed by atoms with E-state index in [9.17, 15) is 28.5 Å². The van der Waals surface area contributed by atoms with Crippen LogP contribution >= 0.6 is 11.3 Å². The molecule has 0 spiro atoms. The molecule has 11 nitrogen and oxygen atoms in total. The molecule has 4 aromatic rings. The summed E-state index contributed by atoms with van der Waals surface area (Å²) in [6.07, 6.45) is -0.433. The number of alkyl halides is 2. The highest BCUT2D eigenvalue weighted by atomic mass is 32.1. The fourth-order valence-corrected chi connectivity index (χ4v) is 4.36. The number of hydrogen-bond acceptors (Lipinski definition) is 8. The molecule has 0 bridgehead atoms. The van der Waals surface area contributed by atoms with E-state index < -0.39 is 34.9 Å². The third kappa shape index (κ3) is 3.98. The van der Waals surface area contributed by atoms with E-state index in [1.54, 1.807) is 6.07 Å². The number of halogens is 2. The van der Waals surface area contributed by atoms with Gasteiger partial charge in [0.1, 0.15) is 39.1 Å². The number of fused-ring (bicyclic) bond motifs is 1. The summed E-state index contributed by atoms with van der Waals surface area (Å²) in [7, 11) is 0. The summed E-state index contributed by atoms with van der Waals surface area (Å²) in [4.78, 5) is 39.5. The highest BCUT2D eigenvalue weighted by molar-refractivity contribution is 7.21. The zero-order chi connectivity index (χ0) is 24.7. The van der Waals surface area contributed by atoms with E-state index in [2.05, 4.69) is 15.4 Å². The largest absolute Gasteiger partial charge is 0.464 e. The summed E-state index contributed by atoms with van der Waals surface area (Å²) >= 11 is 0.748. The Morgan fingerprint density at radius 1 is 1.38 bits per heavy atom. The van der Waals surface area contributed by atoms with Gasteiger partial charge in [0.05, 0.1) is 16.9 Å². The van der Waals surface area contributed by atoms with E-state index in [-0.39, 0.29) is 43.5 Å². The van der Waals surface area contributed by atoms with Crippen LogP contribution in [0.15, 0.2) is 35.1 Å². The molecule has 4 heterocycles. The zero-order valence-corrected chi connectivity index (χ0v) is 18.4. The lowest BCUT2D eigenvalue weighted by atomic mass is 10.1. The van der Waals surface area contributed by atoms with Crippen molar-refractivity contribution in [2.75, 3.05) is 5.32 Å². The maximum Gasteiger partial charge on any atom is 0.309 e. The smallest absolute Gasteiger partial charge is 0.309 e. The maximum absolute atomic E-state index is 13.5. The third-order valence-corrected chi connectivity index (χ3v) is 6.13. The van der Waals surface area contributed by atoms with E-state index in [1.807, 2.05) is 0 Å². The number of furan rings is 1. The molecule has 4 aromatic heterocycles. The molecule has 0 aliphatic rings. The van der Waals surface area contributed by atoms with Crippen LogP contribution in [0.1, 0.15) is 40.5 Å². The van der Waals surface area contributed by atoms with Gasteiger partial charge in [-0.05, 0) is 32.0 Å². The molecule has 0 aromatic carbocycles. The number of aromatic nitrogens is 3. The second kappa shape index (κ2) is 8.62. The van der Waals surface area contributed by atoms with Crippen LogP contribution in [0, 0.1) is 17.0 Å². The Labute approximate surface area is 193 Å². The third-order valence-electron chi connectivity index (χ3n) is 5.03. The zero-order valence-electron chi connectivity index (χ0n) is 17.6. The first-order valence-electron chi connectivity index (χ1n) is 9.68. The average molecular weight is 490 g/mol. The maximum atomic E-state index is 13.5. The van der Waals surface area contributed by atoms with Crippen molar-refractivity contribution in [3.8, 4) is 11.3 Å². The number of aryl methyl sites for hydroxylation is 1. The molecule has 34 heavy (non-hydrogen) atoms. The number of anilines is 1. The predicted molar refractivity (Wildman–Crippen MR) is 118 cm³/mol. The number of nitro groups is 1. The second-order valence-corrected chi connectivity index (χ2v) is 8.22. The number of carbonyl (C=O) groups is 2. The lowest BCUT2D eigenvalue weighted by Crippen LogP contribution is -2.25. The first kappa shape index (κ1) is 23.0.